The van der Waals surface area contributed by atoms with Crippen molar-refractivity contribution in [3.8, 4) is 0 Å². The Balaban J connectivity index is 3.13. The fourth-order valence-electron chi connectivity index (χ4n) is 1.62. The summed E-state index contributed by atoms with van der Waals surface area (Å²) in [5.41, 5.74) is 1.67. The number of aromatic nitrogens is 2. The van der Waals surface area contributed by atoms with Crippen molar-refractivity contribution >= 4 is 32.6 Å². The quantitative estimate of drug-likeness (QED) is 0.732. The third kappa shape index (κ3) is 4.19. The van der Waals surface area contributed by atoms with Gasteiger partial charge in [-0.25, -0.2) is 0 Å². The average molecular weight is 382 g/mol. The number of rotatable bonds is 5. The van der Waals surface area contributed by atoms with Gasteiger partial charge in [0, 0.05) is 0 Å². The van der Waals surface area contributed by atoms with E-state index in [2.05, 4.69) is 12.0 Å². The molecule has 1 rings (SSSR count). The molecule has 108 valence electrons. The van der Waals surface area contributed by atoms with Gasteiger partial charge in [-0.2, -0.15) is 0 Å². The SMILES string of the molecule is CCCn1nc(C)c(I(OC(C)=O)OC(C)=O)c1C. The van der Waals surface area contributed by atoms with Gasteiger partial charge in [-0.15, -0.1) is 0 Å². The third-order valence-electron chi connectivity index (χ3n) is 2.24. The second kappa shape index (κ2) is 6.88. The maximum atomic E-state index is 11.2. The molecule has 0 unspecified atom stereocenters. The van der Waals surface area contributed by atoms with Gasteiger partial charge in [-0.05, 0) is 0 Å². The van der Waals surface area contributed by atoms with E-state index in [1.165, 1.54) is 13.8 Å². The van der Waals surface area contributed by atoms with Crippen LogP contribution in [0.25, 0.3) is 0 Å². The summed E-state index contributed by atoms with van der Waals surface area (Å²) >= 11 is -2.77. The molecular formula is C12H19IN2O4. The van der Waals surface area contributed by atoms with E-state index in [0.29, 0.717) is 0 Å². The first-order valence-electron chi connectivity index (χ1n) is 5.98. The Morgan fingerprint density at radius 3 is 2.16 bits per heavy atom. The summed E-state index contributed by atoms with van der Waals surface area (Å²) in [4.78, 5) is 22.3. The van der Waals surface area contributed by atoms with Crippen molar-refractivity contribution in [1.82, 2.24) is 9.78 Å². The van der Waals surface area contributed by atoms with Gasteiger partial charge in [0.1, 0.15) is 0 Å². The molecule has 1 aromatic heterocycles. The minimum atomic E-state index is -2.77. The van der Waals surface area contributed by atoms with Crippen LogP contribution < -0.4 is 0 Å². The van der Waals surface area contributed by atoms with Crippen LogP contribution in [0.15, 0.2) is 0 Å². The van der Waals surface area contributed by atoms with E-state index in [4.69, 9.17) is 6.13 Å². The zero-order valence-electron chi connectivity index (χ0n) is 11.8. The molecule has 0 radical (unpaired) electrons. The standard InChI is InChI=1S/C12H19IN2O4/c1-6-7-15-9(3)12(8(2)14-15)13(18-10(4)16)19-11(5)17/h6-7H2,1-5H3. The maximum absolute atomic E-state index is 11.2. The Morgan fingerprint density at radius 2 is 1.74 bits per heavy atom. The molecule has 1 heterocycles. The molecule has 0 atom stereocenters. The van der Waals surface area contributed by atoms with E-state index in [9.17, 15) is 9.59 Å². The Labute approximate surface area is 120 Å². The summed E-state index contributed by atoms with van der Waals surface area (Å²) in [7, 11) is 0. The van der Waals surface area contributed by atoms with Crippen LogP contribution >= 0.6 is 20.6 Å². The van der Waals surface area contributed by atoms with E-state index in [-0.39, 0.29) is 0 Å². The second-order valence-electron chi connectivity index (χ2n) is 4.06. The summed E-state index contributed by atoms with van der Waals surface area (Å²) < 4.78 is 13.1. The molecule has 0 aromatic carbocycles. The summed E-state index contributed by atoms with van der Waals surface area (Å²) in [5.74, 6) is -0.873. The predicted molar refractivity (Wildman–Crippen MR) is 78.2 cm³/mol. The minimum absolute atomic E-state index is 0.437. The Kier molecular flexibility index (Phi) is 5.77. The number of hydrogen-bond donors (Lipinski definition) is 0. The van der Waals surface area contributed by atoms with E-state index in [0.717, 1.165) is 27.9 Å². The van der Waals surface area contributed by atoms with Crippen LogP contribution in [0.3, 0.4) is 0 Å². The molecular weight excluding hydrogens is 363 g/mol. The van der Waals surface area contributed by atoms with Gasteiger partial charge >= 0.3 is 121 Å². The van der Waals surface area contributed by atoms with Crippen LogP contribution in [0.1, 0.15) is 38.6 Å². The third-order valence-corrected chi connectivity index (χ3v) is 6.72. The van der Waals surface area contributed by atoms with Crippen molar-refractivity contribution in [2.24, 2.45) is 0 Å². The molecule has 0 amide bonds. The zero-order chi connectivity index (χ0) is 14.6. The number of hydrogen-bond acceptors (Lipinski definition) is 5. The molecule has 0 saturated heterocycles. The van der Waals surface area contributed by atoms with Gasteiger partial charge in [0.25, 0.3) is 0 Å². The molecule has 7 heteroatoms. The summed E-state index contributed by atoms with van der Waals surface area (Å²) in [6, 6.07) is 0. The van der Waals surface area contributed by atoms with Crippen molar-refractivity contribution in [2.45, 2.75) is 47.6 Å². The van der Waals surface area contributed by atoms with Crippen molar-refractivity contribution < 1.29 is 15.7 Å². The molecule has 0 saturated carbocycles. The van der Waals surface area contributed by atoms with E-state index >= 15 is 0 Å². The van der Waals surface area contributed by atoms with Crippen LogP contribution in [-0.4, -0.2) is 21.7 Å². The molecule has 1 aromatic rings. The molecule has 0 aliphatic carbocycles. The van der Waals surface area contributed by atoms with Gasteiger partial charge in [-0.1, -0.05) is 0 Å². The average Bonchev–Trinajstić information content (AvgIpc) is 2.52. The Hall–Kier alpha value is -1.12. The molecule has 0 fully saturated rings. The van der Waals surface area contributed by atoms with E-state index in [1.807, 2.05) is 18.5 Å². The van der Waals surface area contributed by atoms with Crippen LogP contribution in [-0.2, 0) is 22.3 Å². The predicted octanol–water partition coefficient (Wildman–Crippen LogP) is 2.54. The Morgan fingerprint density at radius 1 is 1.21 bits per heavy atom. The normalized spacial score (nSPS) is 11.1. The van der Waals surface area contributed by atoms with Crippen LogP contribution in [0.5, 0.6) is 0 Å². The van der Waals surface area contributed by atoms with Gasteiger partial charge < -0.3 is 0 Å². The molecule has 0 aliphatic rings. The molecule has 0 spiro atoms. The molecule has 19 heavy (non-hydrogen) atoms. The fourth-order valence-corrected chi connectivity index (χ4v) is 4.94. The van der Waals surface area contributed by atoms with Gasteiger partial charge in [0.15, 0.2) is 0 Å². The van der Waals surface area contributed by atoms with Crippen molar-refractivity contribution in [3.05, 3.63) is 15.0 Å². The van der Waals surface area contributed by atoms with Crippen molar-refractivity contribution in [1.29, 1.82) is 0 Å². The molecule has 0 aliphatic heterocycles. The van der Waals surface area contributed by atoms with Gasteiger partial charge in [0.2, 0.25) is 0 Å². The van der Waals surface area contributed by atoms with Crippen molar-refractivity contribution in [3.63, 3.8) is 0 Å². The van der Waals surface area contributed by atoms with Gasteiger partial charge in [0.05, 0.1) is 0 Å². The molecule has 6 nitrogen and oxygen atoms in total. The van der Waals surface area contributed by atoms with Crippen LogP contribution in [0, 0.1) is 17.4 Å². The first-order chi connectivity index (χ1) is 8.86. The molecule has 0 N–H and O–H groups in total. The molecule has 0 bridgehead atoms. The van der Waals surface area contributed by atoms with E-state index < -0.39 is 32.6 Å². The second-order valence-corrected chi connectivity index (χ2v) is 7.26. The number of carbonyl (C=O) groups excluding carboxylic acids is 2. The van der Waals surface area contributed by atoms with Crippen LogP contribution in [0.4, 0.5) is 0 Å². The summed E-state index contributed by atoms with van der Waals surface area (Å²) in [5, 5.41) is 4.41. The van der Waals surface area contributed by atoms with Crippen LogP contribution in [0.2, 0.25) is 0 Å². The topological polar surface area (TPSA) is 70.4 Å². The number of nitrogens with zero attached hydrogens (tertiary/aromatic N) is 2. The monoisotopic (exact) mass is 382 g/mol. The summed E-state index contributed by atoms with van der Waals surface area (Å²) in [6.45, 7) is 9.22. The number of halogens is 1. The first-order valence-corrected chi connectivity index (χ1v) is 8.82. The summed E-state index contributed by atoms with van der Waals surface area (Å²) in [6.07, 6.45) is 0.955. The number of aryl methyl sites for hydroxylation is 2. The van der Waals surface area contributed by atoms with E-state index in [1.54, 1.807) is 0 Å². The zero-order valence-corrected chi connectivity index (χ0v) is 14.0. The first kappa shape index (κ1) is 15.9. The van der Waals surface area contributed by atoms with Crippen molar-refractivity contribution in [2.75, 3.05) is 0 Å². The fraction of sp³-hybridized carbons (Fsp3) is 0.583. The van der Waals surface area contributed by atoms with Gasteiger partial charge in [-0.3, -0.25) is 0 Å². The number of carbonyl (C=O) groups is 2. The Bertz CT molecular complexity index is 468.